The first-order valence-corrected chi connectivity index (χ1v) is 8.12. The Morgan fingerprint density at radius 2 is 2.00 bits per heavy atom. The molecule has 110 valence electrons. The van der Waals surface area contributed by atoms with Crippen molar-refractivity contribution in [1.29, 1.82) is 0 Å². The number of hydrazone groups is 1. The van der Waals surface area contributed by atoms with Crippen LogP contribution >= 0.6 is 27.3 Å². The second kappa shape index (κ2) is 6.72. The molecule has 6 heteroatoms. The van der Waals surface area contributed by atoms with Crippen LogP contribution in [0.5, 0.6) is 0 Å². The topological polar surface area (TPSA) is 54.6 Å². The monoisotopic (exact) mass is 374 g/mol. The molecule has 1 N–H and O–H groups in total. The Hall–Kier alpha value is -2.18. The van der Waals surface area contributed by atoms with E-state index in [2.05, 4.69) is 26.5 Å². The number of amides is 1. The van der Waals surface area contributed by atoms with Crippen molar-refractivity contribution in [1.82, 2.24) is 5.43 Å². The van der Waals surface area contributed by atoms with Gasteiger partial charge in [0.1, 0.15) is 11.5 Å². The van der Waals surface area contributed by atoms with Crippen LogP contribution in [-0.2, 0) is 0 Å². The highest BCUT2D eigenvalue weighted by Gasteiger charge is 2.05. The third-order valence-electron chi connectivity index (χ3n) is 2.86. The molecule has 0 aliphatic rings. The Labute approximate surface area is 139 Å². The number of nitrogens with one attached hydrogen (secondary N) is 1. The van der Waals surface area contributed by atoms with E-state index >= 15 is 0 Å². The van der Waals surface area contributed by atoms with Crippen molar-refractivity contribution in [2.45, 2.75) is 0 Å². The van der Waals surface area contributed by atoms with Gasteiger partial charge in [0, 0.05) is 10.0 Å². The first-order chi connectivity index (χ1) is 10.7. The van der Waals surface area contributed by atoms with Gasteiger partial charge in [-0.2, -0.15) is 5.10 Å². The molecule has 0 atom stereocenters. The van der Waals surface area contributed by atoms with Crippen LogP contribution in [0.4, 0.5) is 0 Å². The lowest BCUT2D eigenvalue weighted by Gasteiger charge is -1.96. The van der Waals surface area contributed by atoms with Gasteiger partial charge in [0.2, 0.25) is 0 Å². The zero-order chi connectivity index (χ0) is 15.4. The van der Waals surface area contributed by atoms with Crippen molar-refractivity contribution in [3.8, 4) is 11.3 Å². The van der Waals surface area contributed by atoms with Crippen molar-refractivity contribution in [3.05, 3.63) is 69.0 Å². The van der Waals surface area contributed by atoms with Gasteiger partial charge < -0.3 is 4.42 Å². The molecule has 1 amide bonds. The summed E-state index contributed by atoms with van der Waals surface area (Å²) in [6.07, 6.45) is 1.48. The summed E-state index contributed by atoms with van der Waals surface area (Å²) in [5, 5.41) is 5.74. The molecule has 2 heterocycles. The van der Waals surface area contributed by atoms with Crippen LogP contribution in [-0.4, -0.2) is 12.1 Å². The number of furan rings is 1. The third kappa shape index (κ3) is 3.52. The molecule has 0 spiro atoms. The maximum absolute atomic E-state index is 11.7. The number of thiophene rings is 1. The van der Waals surface area contributed by atoms with E-state index in [1.165, 1.54) is 17.6 Å². The summed E-state index contributed by atoms with van der Waals surface area (Å²) in [5.74, 6) is 1.09. The van der Waals surface area contributed by atoms with Crippen molar-refractivity contribution >= 4 is 39.4 Å². The lowest BCUT2D eigenvalue weighted by Crippen LogP contribution is -2.15. The Morgan fingerprint density at radius 3 is 2.73 bits per heavy atom. The lowest BCUT2D eigenvalue weighted by molar-refractivity contribution is 0.0959. The van der Waals surface area contributed by atoms with Gasteiger partial charge in [0.15, 0.2) is 0 Å². The van der Waals surface area contributed by atoms with Crippen LogP contribution in [0, 0.1) is 0 Å². The number of hydrogen-bond acceptors (Lipinski definition) is 4. The number of nitrogens with zero attached hydrogens (tertiary/aromatic N) is 1. The van der Waals surface area contributed by atoms with Gasteiger partial charge >= 0.3 is 0 Å². The standard InChI is InChI=1S/C16H11BrN2O2S/c17-12-5-3-11(4-6-12)14-8-7-13(21-14)10-18-19-16(20)15-2-1-9-22-15/h1-10H,(H,19,20)/b18-10-. The first kappa shape index (κ1) is 14.7. The Morgan fingerprint density at radius 1 is 1.18 bits per heavy atom. The second-order valence-corrected chi connectivity index (χ2v) is 6.25. The molecule has 0 saturated heterocycles. The van der Waals surface area contributed by atoms with Gasteiger partial charge in [-0.05, 0) is 35.7 Å². The maximum atomic E-state index is 11.7. The zero-order valence-corrected chi connectivity index (χ0v) is 13.7. The quantitative estimate of drug-likeness (QED) is 0.538. The van der Waals surface area contributed by atoms with E-state index in [4.69, 9.17) is 4.42 Å². The number of halogens is 1. The van der Waals surface area contributed by atoms with Gasteiger partial charge in [0.05, 0.1) is 11.1 Å². The van der Waals surface area contributed by atoms with E-state index in [0.717, 1.165) is 15.8 Å². The fourth-order valence-corrected chi connectivity index (χ4v) is 2.69. The number of carbonyl (C=O) groups is 1. The number of hydrogen-bond donors (Lipinski definition) is 1. The van der Waals surface area contributed by atoms with Gasteiger partial charge in [-0.1, -0.05) is 34.1 Å². The zero-order valence-electron chi connectivity index (χ0n) is 11.3. The molecule has 2 aromatic heterocycles. The van der Waals surface area contributed by atoms with Crippen LogP contribution in [0.3, 0.4) is 0 Å². The number of rotatable bonds is 4. The maximum Gasteiger partial charge on any atom is 0.281 e. The van der Waals surface area contributed by atoms with Gasteiger partial charge in [0.25, 0.3) is 5.91 Å². The summed E-state index contributed by atoms with van der Waals surface area (Å²) < 4.78 is 6.68. The highest BCUT2D eigenvalue weighted by Crippen LogP contribution is 2.23. The fourth-order valence-electron chi connectivity index (χ4n) is 1.81. The largest absolute Gasteiger partial charge is 0.455 e. The molecule has 0 unspecified atom stereocenters. The van der Waals surface area contributed by atoms with E-state index in [9.17, 15) is 4.79 Å². The van der Waals surface area contributed by atoms with Crippen molar-refractivity contribution in [2.75, 3.05) is 0 Å². The molecule has 4 nitrogen and oxygen atoms in total. The van der Waals surface area contributed by atoms with Crippen molar-refractivity contribution < 1.29 is 9.21 Å². The van der Waals surface area contributed by atoms with Crippen LogP contribution in [0.15, 0.2) is 67.9 Å². The van der Waals surface area contributed by atoms with Gasteiger partial charge in [-0.25, -0.2) is 5.43 Å². The minimum atomic E-state index is -0.231. The average molecular weight is 375 g/mol. The predicted molar refractivity (Wildman–Crippen MR) is 91.2 cm³/mol. The lowest BCUT2D eigenvalue weighted by atomic mass is 10.2. The SMILES string of the molecule is O=C(N/N=C\c1ccc(-c2ccc(Br)cc2)o1)c1cccs1. The molecule has 22 heavy (non-hydrogen) atoms. The molecule has 0 bridgehead atoms. The third-order valence-corrected chi connectivity index (χ3v) is 4.26. The Bertz CT molecular complexity index is 792. The molecule has 0 aliphatic heterocycles. The van der Waals surface area contributed by atoms with Crippen LogP contribution in [0.25, 0.3) is 11.3 Å². The van der Waals surface area contributed by atoms with E-state index in [0.29, 0.717) is 10.6 Å². The molecule has 0 aliphatic carbocycles. The Balaban J connectivity index is 1.65. The molecule has 0 radical (unpaired) electrons. The van der Waals surface area contributed by atoms with E-state index in [1.54, 1.807) is 12.1 Å². The molecular weight excluding hydrogens is 364 g/mol. The molecule has 3 rings (SSSR count). The number of benzene rings is 1. The minimum absolute atomic E-state index is 0.231. The summed E-state index contributed by atoms with van der Waals surface area (Å²) >= 11 is 4.76. The van der Waals surface area contributed by atoms with Crippen LogP contribution in [0.1, 0.15) is 15.4 Å². The Kier molecular flexibility index (Phi) is 4.50. The molecular formula is C16H11BrN2O2S. The van der Waals surface area contributed by atoms with Crippen LogP contribution < -0.4 is 5.43 Å². The smallest absolute Gasteiger partial charge is 0.281 e. The highest BCUT2D eigenvalue weighted by atomic mass is 79.9. The minimum Gasteiger partial charge on any atom is -0.455 e. The summed E-state index contributed by atoms with van der Waals surface area (Å²) in [7, 11) is 0. The highest BCUT2D eigenvalue weighted by molar-refractivity contribution is 9.10. The van der Waals surface area contributed by atoms with Gasteiger partial charge in [-0.3, -0.25) is 4.79 Å². The predicted octanol–water partition coefficient (Wildman–Crippen LogP) is 4.53. The molecule has 0 fully saturated rings. The summed E-state index contributed by atoms with van der Waals surface area (Å²) in [6, 6.07) is 15.1. The molecule has 0 saturated carbocycles. The van der Waals surface area contributed by atoms with Crippen molar-refractivity contribution in [3.63, 3.8) is 0 Å². The molecule has 3 aromatic rings. The fraction of sp³-hybridized carbons (Fsp3) is 0. The van der Waals surface area contributed by atoms with Crippen LogP contribution in [0.2, 0.25) is 0 Å². The van der Waals surface area contributed by atoms with Crippen molar-refractivity contribution in [2.24, 2.45) is 5.10 Å². The second-order valence-electron chi connectivity index (χ2n) is 4.39. The molecule has 1 aromatic carbocycles. The summed E-state index contributed by atoms with van der Waals surface area (Å²) in [6.45, 7) is 0. The van der Waals surface area contributed by atoms with Gasteiger partial charge in [-0.15, -0.1) is 11.3 Å². The average Bonchev–Trinajstić information content (AvgIpc) is 3.19. The summed E-state index contributed by atoms with van der Waals surface area (Å²) in [5.41, 5.74) is 3.44. The first-order valence-electron chi connectivity index (χ1n) is 6.45. The van der Waals surface area contributed by atoms with E-state index < -0.39 is 0 Å². The normalized spacial score (nSPS) is 11.0. The van der Waals surface area contributed by atoms with E-state index in [1.807, 2.05) is 41.8 Å². The van der Waals surface area contributed by atoms with E-state index in [-0.39, 0.29) is 5.91 Å². The number of carbonyl (C=O) groups excluding carboxylic acids is 1. The summed E-state index contributed by atoms with van der Waals surface area (Å²) in [4.78, 5) is 12.3.